The summed E-state index contributed by atoms with van der Waals surface area (Å²) in [4.78, 5) is 14.8. The summed E-state index contributed by atoms with van der Waals surface area (Å²) in [6, 6.07) is 17.8. The molecule has 3 heterocycles. The quantitative estimate of drug-likeness (QED) is 0.611. The first-order chi connectivity index (χ1) is 14.7. The molecular formula is C24H28N2O4. The Morgan fingerprint density at radius 2 is 1.83 bits per heavy atom. The summed E-state index contributed by atoms with van der Waals surface area (Å²) in [7, 11) is 0. The highest BCUT2D eigenvalue weighted by Crippen LogP contribution is 2.24. The Balaban J connectivity index is 1.31. The summed E-state index contributed by atoms with van der Waals surface area (Å²) in [6.07, 6.45) is 0.954. The molecule has 1 amide bonds. The van der Waals surface area contributed by atoms with Crippen LogP contribution in [0.5, 0.6) is 0 Å². The van der Waals surface area contributed by atoms with Gasteiger partial charge >= 0.3 is 0 Å². The van der Waals surface area contributed by atoms with Crippen molar-refractivity contribution in [2.45, 2.75) is 25.8 Å². The molecule has 0 saturated carbocycles. The lowest BCUT2D eigenvalue weighted by atomic mass is 10.1. The molecular weight excluding hydrogens is 380 g/mol. The predicted octanol–water partition coefficient (Wildman–Crippen LogP) is 3.97. The van der Waals surface area contributed by atoms with Crippen molar-refractivity contribution in [3.05, 3.63) is 71.9 Å². The second-order valence-electron chi connectivity index (χ2n) is 7.55. The Morgan fingerprint density at radius 3 is 2.57 bits per heavy atom. The smallest absolute Gasteiger partial charge is 0.220 e. The van der Waals surface area contributed by atoms with Gasteiger partial charge in [-0.05, 0) is 31.2 Å². The topological polar surface area (TPSA) is 67.9 Å². The monoisotopic (exact) mass is 408 g/mol. The molecule has 1 aliphatic rings. The molecule has 0 aliphatic carbocycles. The highest BCUT2D eigenvalue weighted by Gasteiger charge is 2.25. The first-order valence-corrected chi connectivity index (χ1v) is 10.5. The van der Waals surface area contributed by atoms with Crippen LogP contribution in [0.15, 0.2) is 63.4 Å². The highest BCUT2D eigenvalue weighted by atomic mass is 16.5. The molecule has 4 rings (SSSR count). The molecule has 1 aromatic carbocycles. The van der Waals surface area contributed by atoms with Crippen LogP contribution in [-0.4, -0.2) is 43.7 Å². The number of rotatable bonds is 8. The lowest BCUT2D eigenvalue weighted by molar-refractivity contribution is -0.121. The van der Waals surface area contributed by atoms with Crippen molar-refractivity contribution >= 4 is 5.91 Å². The van der Waals surface area contributed by atoms with Gasteiger partial charge in [-0.1, -0.05) is 30.3 Å². The third-order valence-corrected chi connectivity index (χ3v) is 5.39. The fraction of sp³-hybridized carbons (Fsp3) is 0.375. The average molecular weight is 408 g/mol. The van der Waals surface area contributed by atoms with Gasteiger partial charge < -0.3 is 18.9 Å². The Hall–Kier alpha value is -2.83. The van der Waals surface area contributed by atoms with E-state index in [4.69, 9.17) is 13.6 Å². The van der Waals surface area contributed by atoms with E-state index in [0.29, 0.717) is 32.6 Å². The van der Waals surface area contributed by atoms with Crippen LogP contribution < -0.4 is 5.32 Å². The minimum atomic E-state index is 0.00852. The molecule has 1 N–H and O–H groups in total. The fourth-order valence-electron chi connectivity index (χ4n) is 3.74. The summed E-state index contributed by atoms with van der Waals surface area (Å²) in [5.74, 6) is 3.41. The van der Waals surface area contributed by atoms with Crippen LogP contribution >= 0.6 is 0 Å². The van der Waals surface area contributed by atoms with Gasteiger partial charge in [0.15, 0.2) is 0 Å². The SMILES string of the molecule is Cc1ccc(C(CNC(=O)CCc2ccc(-c3ccccc3)o2)N2CCOCC2)o1. The third kappa shape index (κ3) is 5.20. The van der Waals surface area contributed by atoms with E-state index in [9.17, 15) is 4.79 Å². The zero-order valence-electron chi connectivity index (χ0n) is 17.3. The maximum atomic E-state index is 12.5. The standard InChI is InChI=1S/C24H28N2O4/c1-18-7-10-23(29-18)21(26-13-15-28-16-14-26)17-25-24(27)12-9-20-8-11-22(30-20)19-5-3-2-4-6-19/h2-8,10-11,21H,9,12-17H2,1H3,(H,25,27). The average Bonchev–Trinajstić information content (AvgIpc) is 3.43. The molecule has 6 nitrogen and oxygen atoms in total. The molecule has 0 spiro atoms. The number of carbonyl (C=O) groups excluding carboxylic acids is 1. The summed E-state index contributed by atoms with van der Waals surface area (Å²) in [5.41, 5.74) is 1.04. The summed E-state index contributed by atoms with van der Waals surface area (Å²) < 4.78 is 17.2. The van der Waals surface area contributed by atoms with Gasteiger partial charge in [0.2, 0.25) is 5.91 Å². The highest BCUT2D eigenvalue weighted by molar-refractivity contribution is 5.76. The zero-order chi connectivity index (χ0) is 20.8. The van der Waals surface area contributed by atoms with Gasteiger partial charge in [0.25, 0.3) is 0 Å². The van der Waals surface area contributed by atoms with Crippen molar-refractivity contribution in [2.24, 2.45) is 0 Å². The molecule has 2 aromatic heterocycles. The number of carbonyl (C=O) groups is 1. The molecule has 30 heavy (non-hydrogen) atoms. The van der Waals surface area contributed by atoms with Crippen molar-refractivity contribution in [3.63, 3.8) is 0 Å². The molecule has 1 atom stereocenters. The van der Waals surface area contributed by atoms with E-state index < -0.39 is 0 Å². The number of hydrogen-bond acceptors (Lipinski definition) is 5. The molecule has 1 aliphatic heterocycles. The number of amides is 1. The number of hydrogen-bond donors (Lipinski definition) is 1. The minimum Gasteiger partial charge on any atom is -0.465 e. The predicted molar refractivity (Wildman–Crippen MR) is 114 cm³/mol. The van der Waals surface area contributed by atoms with Gasteiger partial charge in [0, 0.05) is 38.0 Å². The van der Waals surface area contributed by atoms with Crippen LogP contribution in [0.3, 0.4) is 0 Å². The van der Waals surface area contributed by atoms with E-state index in [0.717, 1.165) is 41.7 Å². The van der Waals surface area contributed by atoms with Gasteiger partial charge in [0.1, 0.15) is 23.0 Å². The van der Waals surface area contributed by atoms with Gasteiger partial charge in [-0.25, -0.2) is 0 Å². The Labute approximate surface area is 176 Å². The van der Waals surface area contributed by atoms with E-state index >= 15 is 0 Å². The molecule has 6 heteroatoms. The molecule has 158 valence electrons. The number of aryl methyl sites for hydroxylation is 2. The molecule has 0 radical (unpaired) electrons. The first kappa shape index (κ1) is 20.4. The summed E-state index contributed by atoms with van der Waals surface area (Å²) in [6.45, 7) is 5.51. The van der Waals surface area contributed by atoms with Crippen molar-refractivity contribution in [2.75, 3.05) is 32.8 Å². The third-order valence-electron chi connectivity index (χ3n) is 5.39. The van der Waals surface area contributed by atoms with Crippen LogP contribution in [0.2, 0.25) is 0 Å². The Bertz CT molecular complexity index is 941. The number of benzene rings is 1. The largest absolute Gasteiger partial charge is 0.465 e. The number of furan rings is 2. The van der Waals surface area contributed by atoms with Gasteiger partial charge in [-0.3, -0.25) is 9.69 Å². The minimum absolute atomic E-state index is 0.00852. The van der Waals surface area contributed by atoms with Gasteiger partial charge in [-0.15, -0.1) is 0 Å². The van der Waals surface area contributed by atoms with E-state index in [2.05, 4.69) is 10.2 Å². The Kier molecular flexibility index (Phi) is 6.67. The maximum absolute atomic E-state index is 12.5. The van der Waals surface area contributed by atoms with E-state index in [1.165, 1.54) is 0 Å². The second kappa shape index (κ2) is 9.78. The fourth-order valence-corrected chi connectivity index (χ4v) is 3.74. The first-order valence-electron chi connectivity index (χ1n) is 10.5. The second-order valence-corrected chi connectivity index (χ2v) is 7.55. The molecule has 1 saturated heterocycles. The molecule has 1 fully saturated rings. The zero-order valence-corrected chi connectivity index (χ0v) is 17.3. The van der Waals surface area contributed by atoms with E-state index in [1.807, 2.05) is 61.5 Å². The molecule has 3 aromatic rings. The molecule has 0 bridgehead atoms. The van der Waals surface area contributed by atoms with Crippen LogP contribution in [0, 0.1) is 6.92 Å². The number of nitrogens with zero attached hydrogens (tertiary/aromatic N) is 1. The van der Waals surface area contributed by atoms with Crippen LogP contribution in [0.4, 0.5) is 0 Å². The van der Waals surface area contributed by atoms with Crippen molar-refractivity contribution in [1.82, 2.24) is 10.2 Å². The maximum Gasteiger partial charge on any atom is 0.220 e. The Morgan fingerprint density at radius 1 is 1.03 bits per heavy atom. The number of nitrogens with one attached hydrogen (secondary N) is 1. The lowest BCUT2D eigenvalue weighted by Gasteiger charge is -2.33. The van der Waals surface area contributed by atoms with E-state index in [-0.39, 0.29) is 11.9 Å². The van der Waals surface area contributed by atoms with Crippen LogP contribution in [-0.2, 0) is 16.0 Å². The van der Waals surface area contributed by atoms with Crippen molar-refractivity contribution in [3.8, 4) is 11.3 Å². The normalized spacial score (nSPS) is 15.8. The van der Waals surface area contributed by atoms with Crippen LogP contribution in [0.1, 0.15) is 29.7 Å². The van der Waals surface area contributed by atoms with Gasteiger partial charge in [0.05, 0.1) is 19.3 Å². The summed E-state index contributed by atoms with van der Waals surface area (Å²) in [5, 5.41) is 3.07. The number of ether oxygens (including phenoxy) is 1. The van der Waals surface area contributed by atoms with Gasteiger partial charge in [-0.2, -0.15) is 0 Å². The molecule has 1 unspecified atom stereocenters. The lowest BCUT2D eigenvalue weighted by Crippen LogP contribution is -2.43. The van der Waals surface area contributed by atoms with Crippen molar-refractivity contribution in [1.29, 1.82) is 0 Å². The van der Waals surface area contributed by atoms with Crippen molar-refractivity contribution < 1.29 is 18.4 Å². The van der Waals surface area contributed by atoms with E-state index in [1.54, 1.807) is 0 Å². The number of morpholine rings is 1. The van der Waals surface area contributed by atoms with Crippen LogP contribution in [0.25, 0.3) is 11.3 Å². The summed E-state index contributed by atoms with van der Waals surface area (Å²) >= 11 is 0.